The maximum Gasteiger partial charge on any atom is 0.250 e. The van der Waals surface area contributed by atoms with Gasteiger partial charge >= 0.3 is 0 Å². The zero-order valence-corrected chi connectivity index (χ0v) is 28.9. The number of likely N-dealkylation sites (N-methyl/N-ethyl adjacent to an activating group) is 2. The summed E-state index contributed by atoms with van der Waals surface area (Å²) < 4.78 is 19.6. The fourth-order valence-corrected chi connectivity index (χ4v) is 5.74. The van der Waals surface area contributed by atoms with Crippen LogP contribution in [0, 0.1) is 0 Å². The summed E-state index contributed by atoms with van der Waals surface area (Å²) in [4.78, 5) is 21.7. The Morgan fingerprint density at radius 1 is 0.863 bits per heavy atom. The molecule has 1 N–H and O–H groups in total. The number of benzene rings is 4. The lowest BCUT2D eigenvalue weighted by molar-refractivity contribution is -0.113. The van der Waals surface area contributed by atoms with E-state index in [4.69, 9.17) is 24.3 Å². The summed E-state index contributed by atoms with van der Waals surface area (Å²) in [5.41, 5.74) is 3.20. The number of nitrogens with zero attached hydrogens (tertiary/aromatic N) is 5. The van der Waals surface area contributed by atoms with E-state index in [-0.39, 0.29) is 5.91 Å². The van der Waals surface area contributed by atoms with E-state index in [1.54, 1.807) is 31.3 Å². The third kappa shape index (κ3) is 8.20. The summed E-state index contributed by atoms with van der Waals surface area (Å²) in [6.07, 6.45) is 7.75. The van der Waals surface area contributed by atoms with Crippen LogP contribution >= 0.6 is 0 Å². The minimum absolute atomic E-state index is 0.0920. The van der Waals surface area contributed by atoms with Gasteiger partial charge in [0, 0.05) is 49.3 Å². The minimum Gasteiger partial charge on any atom is -0.497 e. The van der Waals surface area contributed by atoms with Crippen LogP contribution in [0.4, 0.5) is 17.2 Å². The Labute approximate surface area is 297 Å². The van der Waals surface area contributed by atoms with Crippen LogP contribution in [-0.2, 0) is 11.3 Å². The molecular weight excluding hydrogens is 640 g/mol. The van der Waals surface area contributed by atoms with E-state index in [0.717, 1.165) is 35.0 Å². The molecule has 0 spiro atoms. The van der Waals surface area contributed by atoms with Gasteiger partial charge in [0.15, 0.2) is 11.5 Å². The minimum atomic E-state index is -0.0920. The molecule has 0 radical (unpaired) electrons. The second-order valence-electron chi connectivity index (χ2n) is 12.5. The largest absolute Gasteiger partial charge is 0.497 e. The lowest BCUT2D eigenvalue weighted by Gasteiger charge is -2.17. The molecule has 51 heavy (non-hydrogen) atoms. The molecule has 1 aliphatic carbocycles. The molecule has 1 amide bonds. The van der Waals surface area contributed by atoms with Crippen molar-refractivity contribution >= 4 is 34.1 Å². The summed E-state index contributed by atoms with van der Waals surface area (Å²) in [5, 5.41) is 9.19. The van der Waals surface area contributed by atoms with Crippen molar-refractivity contribution in [1.82, 2.24) is 19.7 Å². The van der Waals surface area contributed by atoms with Gasteiger partial charge in [-0.05, 0) is 92.2 Å². The number of anilines is 3. The van der Waals surface area contributed by atoms with E-state index < -0.39 is 0 Å². The van der Waals surface area contributed by atoms with Gasteiger partial charge in [-0.1, -0.05) is 42.5 Å². The molecule has 0 bridgehead atoms. The zero-order chi connectivity index (χ0) is 35.2. The molecule has 2 heterocycles. The highest BCUT2D eigenvalue weighted by atomic mass is 16.5. The number of hydrogen-bond donors (Lipinski definition) is 1. The molecule has 4 aromatic carbocycles. The number of pyridine rings is 1. The first kappa shape index (κ1) is 33.4. The Hall–Kier alpha value is -6.13. The van der Waals surface area contributed by atoms with E-state index >= 15 is 0 Å². The molecule has 0 saturated heterocycles. The molecule has 258 valence electrons. The van der Waals surface area contributed by atoms with Gasteiger partial charge in [0.05, 0.1) is 13.7 Å². The number of para-hydroxylation sites is 1. The third-order valence-corrected chi connectivity index (χ3v) is 8.77. The number of amides is 1. The predicted molar refractivity (Wildman–Crippen MR) is 201 cm³/mol. The van der Waals surface area contributed by atoms with Gasteiger partial charge in [-0.25, -0.2) is 9.67 Å². The van der Waals surface area contributed by atoms with Crippen molar-refractivity contribution < 1.29 is 19.0 Å². The maximum absolute atomic E-state index is 13.0. The van der Waals surface area contributed by atoms with E-state index in [1.165, 1.54) is 12.8 Å². The Morgan fingerprint density at radius 2 is 1.57 bits per heavy atom. The van der Waals surface area contributed by atoms with Crippen LogP contribution in [-0.4, -0.2) is 59.4 Å². The molecule has 1 aliphatic rings. The monoisotopic (exact) mass is 680 g/mol. The van der Waals surface area contributed by atoms with Crippen LogP contribution in [0.3, 0.4) is 0 Å². The van der Waals surface area contributed by atoms with E-state index in [9.17, 15) is 4.79 Å². The molecule has 1 saturated carbocycles. The van der Waals surface area contributed by atoms with Crippen molar-refractivity contribution in [2.45, 2.75) is 25.4 Å². The number of carbonyl (C=O) groups is 1. The van der Waals surface area contributed by atoms with Crippen molar-refractivity contribution in [2.24, 2.45) is 0 Å². The molecule has 1 fully saturated rings. The highest BCUT2D eigenvalue weighted by Gasteiger charge is 2.25. The van der Waals surface area contributed by atoms with Gasteiger partial charge < -0.3 is 24.4 Å². The predicted octanol–water partition coefficient (Wildman–Crippen LogP) is 8.43. The van der Waals surface area contributed by atoms with Gasteiger partial charge in [-0.3, -0.25) is 9.69 Å². The first-order chi connectivity index (χ1) is 24.9. The van der Waals surface area contributed by atoms with Crippen LogP contribution in [0.25, 0.3) is 11.0 Å². The van der Waals surface area contributed by atoms with Crippen LogP contribution in [0.2, 0.25) is 0 Å². The molecule has 2 aromatic heterocycles. The molecule has 0 aliphatic heterocycles. The van der Waals surface area contributed by atoms with E-state index in [1.807, 2.05) is 120 Å². The SMILES string of the molecule is COc1ccc(Cn2nc(Nc3cccc(N(C)C(=O)C=CCN(C)C4CC4)c3)c3c(Oc4ccc(Oc5ccccc5)cc4)ccnc32)cc1. The molecule has 0 unspecified atom stereocenters. The van der Waals surface area contributed by atoms with E-state index in [0.29, 0.717) is 46.7 Å². The number of aromatic nitrogens is 3. The topological polar surface area (TPSA) is 94.0 Å². The normalized spacial score (nSPS) is 12.7. The van der Waals surface area contributed by atoms with Crippen molar-refractivity contribution in [3.05, 3.63) is 133 Å². The van der Waals surface area contributed by atoms with Crippen molar-refractivity contribution in [3.63, 3.8) is 0 Å². The fourth-order valence-electron chi connectivity index (χ4n) is 5.74. The molecular formula is C41H40N6O4. The molecule has 0 atom stereocenters. The van der Waals surface area contributed by atoms with Crippen LogP contribution in [0.1, 0.15) is 18.4 Å². The van der Waals surface area contributed by atoms with Crippen molar-refractivity contribution in [2.75, 3.05) is 38.0 Å². The smallest absolute Gasteiger partial charge is 0.250 e. The summed E-state index contributed by atoms with van der Waals surface area (Å²) >= 11 is 0. The number of fused-ring (bicyclic) bond motifs is 1. The first-order valence-corrected chi connectivity index (χ1v) is 16.9. The third-order valence-electron chi connectivity index (χ3n) is 8.77. The second-order valence-corrected chi connectivity index (χ2v) is 12.5. The summed E-state index contributed by atoms with van der Waals surface area (Å²) in [6.45, 7) is 1.23. The molecule has 10 heteroatoms. The standard InChI is InChI=1S/C41H40N6O4/c1-45(31-16-17-31)26-8-13-38(48)46(2)32-10-7-9-30(27-32)43-40-39-37(51-36-22-20-35(21-23-36)50-34-11-5-4-6-12-34)24-25-42-41(39)47(44-40)28-29-14-18-33(49-3)19-15-29/h4-15,18-25,27,31H,16-17,26,28H2,1-3H3,(H,43,44). The van der Waals surface area contributed by atoms with Crippen LogP contribution in [0.5, 0.6) is 28.7 Å². The Kier molecular flexibility index (Phi) is 9.94. The lowest BCUT2D eigenvalue weighted by Crippen LogP contribution is -2.25. The number of hydrogen-bond acceptors (Lipinski definition) is 8. The Balaban J connectivity index is 1.16. The quantitative estimate of drug-likeness (QED) is 0.115. The summed E-state index contributed by atoms with van der Waals surface area (Å²) in [7, 11) is 5.52. The second kappa shape index (κ2) is 15.2. The van der Waals surface area contributed by atoms with Crippen molar-refractivity contribution in [3.8, 4) is 28.7 Å². The van der Waals surface area contributed by atoms with Gasteiger partial charge in [0.1, 0.15) is 34.1 Å². The van der Waals surface area contributed by atoms with Gasteiger partial charge in [-0.2, -0.15) is 5.10 Å². The number of carbonyl (C=O) groups excluding carboxylic acids is 1. The van der Waals surface area contributed by atoms with Crippen molar-refractivity contribution in [1.29, 1.82) is 0 Å². The number of ether oxygens (including phenoxy) is 3. The summed E-state index contributed by atoms with van der Waals surface area (Å²) in [5.74, 6) is 3.94. The average Bonchev–Trinajstić information content (AvgIpc) is 3.96. The maximum atomic E-state index is 13.0. The molecule has 10 nitrogen and oxygen atoms in total. The van der Waals surface area contributed by atoms with Gasteiger partial charge in [0.25, 0.3) is 0 Å². The first-order valence-electron chi connectivity index (χ1n) is 16.9. The van der Waals surface area contributed by atoms with Gasteiger partial charge in [0.2, 0.25) is 5.91 Å². The summed E-state index contributed by atoms with van der Waals surface area (Å²) in [6, 6.07) is 35.2. The highest BCUT2D eigenvalue weighted by Crippen LogP contribution is 2.37. The van der Waals surface area contributed by atoms with Crippen LogP contribution in [0.15, 0.2) is 128 Å². The molecule has 6 aromatic rings. The lowest BCUT2D eigenvalue weighted by atomic mass is 10.2. The fraction of sp³-hybridized carbons (Fsp3) is 0.195. The molecule has 7 rings (SSSR count). The van der Waals surface area contributed by atoms with E-state index in [2.05, 4.69) is 17.3 Å². The zero-order valence-electron chi connectivity index (χ0n) is 28.9. The number of nitrogens with one attached hydrogen (secondary N) is 1. The number of rotatable bonds is 14. The van der Waals surface area contributed by atoms with Crippen LogP contribution < -0.4 is 24.4 Å². The Bertz CT molecular complexity index is 2130. The number of methoxy groups -OCH3 is 1. The average molecular weight is 681 g/mol. The Morgan fingerprint density at radius 3 is 2.29 bits per heavy atom. The highest BCUT2D eigenvalue weighted by molar-refractivity contribution is 6.01. The van der Waals surface area contributed by atoms with Gasteiger partial charge in [-0.15, -0.1) is 0 Å².